The number of hydrogen-bond acceptors (Lipinski definition) is 7. The third-order valence-electron chi connectivity index (χ3n) is 7.19. The van der Waals surface area contributed by atoms with Crippen molar-refractivity contribution in [1.82, 2.24) is 5.32 Å². The number of aromatic carboxylic acids is 1. The van der Waals surface area contributed by atoms with Crippen LogP contribution in [0.1, 0.15) is 51.9 Å². The second kappa shape index (κ2) is 14.1. The van der Waals surface area contributed by atoms with E-state index < -0.39 is 5.97 Å². The highest BCUT2D eigenvalue weighted by atomic mass is 33.1. The first kappa shape index (κ1) is 29.3. The van der Waals surface area contributed by atoms with Crippen LogP contribution in [0.5, 0.6) is 0 Å². The number of benzene rings is 3. The average Bonchev–Trinajstić information content (AvgIpc) is 3.28. The van der Waals surface area contributed by atoms with E-state index in [0.717, 1.165) is 40.6 Å². The molecule has 2 aliphatic rings. The highest BCUT2D eigenvalue weighted by Gasteiger charge is 2.29. The zero-order valence-corrected chi connectivity index (χ0v) is 25.6. The molecule has 3 aromatic rings. The predicted molar refractivity (Wildman–Crippen MR) is 171 cm³/mol. The van der Waals surface area contributed by atoms with E-state index in [1.807, 2.05) is 22.9 Å². The second-order valence-corrected chi connectivity index (χ2v) is 15.4. The molecule has 1 heterocycles. The van der Waals surface area contributed by atoms with Crippen LogP contribution in [0.2, 0.25) is 0 Å². The Morgan fingerprint density at radius 3 is 2.10 bits per heavy atom. The van der Waals surface area contributed by atoms with E-state index in [2.05, 4.69) is 54.7 Å². The van der Waals surface area contributed by atoms with Crippen LogP contribution in [-0.2, 0) is 16.2 Å². The van der Waals surface area contributed by atoms with Gasteiger partial charge in [-0.2, -0.15) is 0 Å². The van der Waals surface area contributed by atoms with Crippen LogP contribution in [0.4, 0.5) is 4.79 Å². The minimum absolute atomic E-state index is 0.0501. The number of rotatable bonds is 5. The lowest BCUT2D eigenvalue weighted by Gasteiger charge is -2.22. The molecule has 0 aromatic heterocycles. The van der Waals surface area contributed by atoms with Crippen LogP contribution in [0.25, 0.3) is 11.1 Å². The van der Waals surface area contributed by atoms with Crippen molar-refractivity contribution >= 4 is 55.2 Å². The molecule has 40 heavy (non-hydrogen) atoms. The number of carbonyl (C=O) groups is 2. The Morgan fingerprint density at radius 2 is 1.48 bits per heavy atom. The molecule has 5 nitrogen and oxygen atoms in total. The molecule has 0 saturated carbocycles. The monoisotopic (exact) mass is 611 g/mol. The summed E-state index contributed by atoms with van der Waals surface area (Å²) >= 11 is 0. The summed E-state index contributed by atoms with van der Waals surface area (Å²) in [5, 5.41) is 12.6. The summed E-state index contributed by atoms with van der Waals surface area (Å²) in [6.45, 7) is 3.16. The second-order valence-electron chi connectivity index (χ2n) is 10.4. The van der Waals surface area contributed by atoms with Gasteiger partial charge in [-0.15, -0.1) is 0 Å². The lowest BCUT2D eigenvalue weighted by molar-refractivity contribution is 0.0696. The molecule has 2 bridgehead atoms. The Kier molecular flexibility index (Phi) is 10.3. The van der Waals surface area contributed by atoms with E-state index in [1.165, 1.54) is 22.3 Å². The van der Waals surface area contributed by atoms with Gasteiger partial charge in [-0.05, 0) is 63.8 Å². The average molecular weight is 612 g/mol. The number of nitrogens with one attached hydrogen (secondary N) is 1. The van der Waals surface area contributed by atoms with Gasteiger partial charge in [-0.1, -0.05) is 105 Å². The molecule has 3 aromatic carbocycles. The normalized spacial score (nSPS) is 19.6. The Hall–Kier alpha value is -2.20. The van der Waals surface area contributed by atoms with Crippen molar-refractivity contribution in [2.24, 2.45) is 11.8 Å². The highest BCUT2D eigenvalue weighted by Crippen LogP contribution is 2.44. The van der Waals surface area contributed by atoms with Crippen LogP contribution >= 0.6 is 43.2 Å². The molecular weight excluding hydrogens is 579 g/mol. The quantitative estimate of drug-likeness (QED) is 0.279. The van der Waals surface area contributed by atoms with Gasteiger partial charge in [-0.3, -0.25) is 0 Å². The standard InChI is InChI=1S/C31H33NO4S4/c1-20-10-23(19-40-39-18-22-11-21(17-38-37-16-20)12-24(13-22)30(33)34)14-32-31(35)36-15-29-27-8-4-2-6-25(27)26-7-3-5-9-28(26)29/h2-9,11-13,20,23,29H,10,14-19H2,1H3,(H,32,35)(H,33,34). The van der Waals surface area contributed by atoms with Crippen molar-refractivity contribution in [2.75, 3.05) is 24.7 Å². The molecule has 1 amide bonds. The van der Waals surface area contributed by atoms with Gasteiger partial charge in [0.1, 0.15) is 6.61 Å². The summed E-state index contributed by atoms with van der Waals surface area (Å²) in [4.78, 5) is 24.4. The molecule has 0 radical (unpaired) electrons. The SMILES string of the molecule is CC1CSSCc2cc(cc(C(=O)O)c2)CSSCC(CNC(=O)OCC2c3ccccc3-c3ccccc32)C1. The van der Waals surface area contributed by atoms with Gasteiger partial charge in [0.05, 0.1) is 5.56 Å². The lowest BCUT2D eigenvalue weighted by Crippen LogP contribution is -2.32. The van der Waals surface area contributed by atoms with Crippen molar-refractivity contribution in [3.8, 4) is 11.1 Å². The van der Waals surface area contributed by atoms with Gasteiger partial charge in [0.15, 0.2) is 0 Å². The number of carboxylic acids is 1. The van der Waals surface area contributed by atoms with Crippen LogP contribution in [0, 0.1) is 11.8 Å². The number of alkyl carbamates (subject to hydrolysis) is 1. The molecular formula is C31H33NO4S4. The maximum Gasteiger partial charge on any atom is 0.407 e. The van der Waals surface area contributed by atoms with E-state index >= 15 is 0 Å². The van der Waals surface area contributed by atoms with Gasteiger partial charge < -0.3 is 15.2 Å². The largest absolute Gasteiger partial charge is 0.478 e. The number of carbonyl (C=O) groups excluding carboxylic acids is 1. The molecule has 5 rings (SSSR count). The summed E-state index contributed by atoms with van der Waals surface area (Å²) in [6, 6.07) is 22.4. The maximum atomic E-state index is 12.8. The fraction of sp³-hybridized carbons (Fsp3) is 0.355. The summed E-state index contributed by atoms with van der Waals surface area (Å²) in [5.41, 5.74) is 7.32. The summed E-state index contributed by atoms with van der Waals surface area (Å²) in [6.07, 6.45) is 0.661. The number of ether oxygens (including phenoxy) is 1. The Labute approximate surface area is 251 Å². The van der Waals surface area contributed by atoms with Crippen LogP contribution in [0.15, 0.2) is 66.7 Å². The minimum Gasteiger partial charge on any atom is -0.478 e. The molecule has 1 aliphatic carbocycles. The van der Waals surface area contributed by atoms with Gasteiger partial charge in [0.25, 0.3) is 0 Å². The number of hydrogen-bond donors (Lipinski definition) is 2. The number of carboxylic acid groups (broad SMARTS) is 1. The molecule has 0 spiro atoms. The number of fused-ring (bicyclic) bond motifs is 5. The van der Waals surface area contributed by atoms with Crippen molar-refractivity contribution in [1.29, 1.82) is 0 Å². The maximum absolute atomic E-state index is 12.8. The molecule has 0 fully saturated rings. The van der Waals surface area contributed by atoms with Crippen LogP contribution < -0.4 is 5.32 Å². The predicted octanol–water partition coefficient (Wildman–Crippen LogP) is 8.34. The zero-order valence-electron chi connectivity index (χ0n) is 22.3. The first-order chi connectivity index (χ1) is 19.5. The zero-order chi connectivity index (χ0) is 27.9. The van der Waals surface area contributed by atoms with Gasteiger partial charge in [0, 0.05) is 35.5 Å². The van der Waals surface area contributed by atoms with E-state index in [-0.39, 0.29) is 12.0 Å². The van der Waals surface area contributed by atoms with Crippen molar-refractivity contribution < 1.29 is 19.4 Å². The molecule has 210 valence electrons. The van der Waals surface area contributed by atoms with Gasteiger partial charge in [-0.25, -0.2) is 9.59 Å². The lowest BCUT2D eigenvalue weighted by atomic mass is 9.98. The smallest absolute Gasteiger partial charge is 0.407 e. The Balaban J connectivity index is 1.16. The fourth-order valence-corrected chi connectivity index (χ4v) is 10.3. The minimum atomic E-state index is -0.882. The van der Waals surface area contributed by atoms with E-state index in [9.17, 15) is 14.7 Å². The van der Waals surface area contributed by atoms with E-state index in [0.29, 0.717) is 30.6 Å². The van der Waals surface area contributed by atoms with E-state index in [1.54, 1.807) is 44.5 Å². The fourth-order valence-electron chi connectivity index (χ4n) is 5.31. The van der Waals surface area contributed by atoms with E-state index in [4.69, 9.17) is 4.74 Å². The first-order valence-electron chi connectivity index (χ1n) is 13.4. The topological polar surface area (TPSA) is 75.6 Å². The third kappa shape index (κ3) is 7.55. The molecule has 2 N–H and O–H groups in total. The Morgan fingerprint density at radius 1 is 0.875 bits per heavy atom. The molecule has 2 atom stereocenters. The third-order valence-corrected chi connectivity index (χ3v) is 12.3. The van der Waals surface area contributed by atoms with Gasteiger partial charge in [0.2, 0.25) is 0 Å². The first-order valence-corrected chi connectivity index (χ1v) is 18.4. The van der Waals surface area contributed by atoms with Gasteiger partial charge >= 0.3 is 12.1 Å². The summed E-state index contributed by atoms with van der Waals surface area (Å²) in [5.74, 6) is 3.44. The van der Waals surface area contributed by atoms with Crippen LogP contribution in [0.3, 0.4) is 0 Å². The molecule has 1 aliphatic heterocycles. The highest BCUT2D eigenvalue weighted by molar-refractivity contribution is 8.76. The Bertz CT molecular complexity index is 1300. The number of amides is 1. The van der Waals surface area contributed by atoms with Crippen LogP contribution in [-0.4, -0.2) is 41.8 Å². The molecule has 0 saturated heterocycles. The van der Waals surface area contributed by atoms with Crippen molar-refractivity contribution in [3.05, 3.63) is 94.5 Å². The summed E-state index contributed by atoms with van der Waals surface area (Å²) < 4.78 is 5.76. The molecule has 9 heteroatoms. The summed E-state index contributed by atoms with van der Waals surface area (Å²) in [7, 11) is 7.14. The van der Waals surface area contributed by atoms with Crippen molar-refractivity contribution in [2.45, 2.75) is 30.8 Å². The molecule has 2 unspecified atom stereocenters. The van der Waals surface area contributed by atoms with Crippen molar-refractivity contribution in [3.63, 3.8) is 0 Å².